The molecule has 0 aliphatic rings. The molecule has 0 radical (unpaired) electrons. The van der Waals surface area contributed by atoms with Gasteiger partial charge in [0.25, 0.3) is 0 Å². The predicted molar refractivity (Wildman–Crippen MR) is 91.0 cm³/mol. The summed E-state index contributed by atoms with van der Waals surface area (Å²) >= 11 is 1.74. The van der Waals surface area contributed by atoms with Crippen LogP contribution in [0.2, 0.25) is 0 Å². The Morgan fingerprint density at radius 2 is 1.81 bits per heavy atom. The Balaban J connectivity index is 1.97. The van der Waals surface area contributed by atoms with Gasteiger partial charge in [-0.3, -0.25) is 0 Å². The second kappa shape index (κ2) is 5.28. The van der Waals surface area contributed by atoms with Crippen LogP contribution in [0.1, 0.15) is 29.2 Å². The van der Waals surface area contributed by atoms with Crippen molar-refractivity contribution in [3.8, 4) is 0 Å². The fourth-order valence-electron chi connectivity index (χ4n) is 2.72. The van der Waals surface area contributed by atoms with E-state index in [9.17, 15) is 5.11 Å². The zero-order chi connectivity index (χ0) is 15.0. The van der Waals surface area contributed by atoms with Gasteiger partial charge in [-0.05, 0) is 59.9 Å². The highest BCUT2D eigenvalue weighted by Gasteiger charge is 2.25. The SMILES string of the molecule is Cc1ccc(C(C)(O)Cc2csc3ccccc23)cc1C. The van der Waals surface area contributed by atoms with E-state index in [2.05, 4.69) is 55.6 Å². The van der Waals surface area contributed by atoms with Gasteiger partial charge in [-0.15, -0.1) is 11.3 Å². The molecule has 21 heavy (non-hydrogen) atoms. The second-order valence-corrected chi connectivity index (χ2v) is 6.92. The van der Waals surface area contributed by atoms with Gasteiger partial charge in [0.15, 0.2) is 0 Å². The highest BCUT2D eigenvalue weighted by Crippen LogP contribution is 2.32. The fourth-order valence-corrected chi connectivity index (χ4v) is 3.68. The second-order valence-electron chi connectivity index (χ2n) is 6.01. The Kier molecular flexibility index (Phi) is 3.60. The summed E-state index contributed by atoms with van der Waals surface area (Å²) in [6.45, 7) is 6.10. The molecule has 1 unspecified atom stereocenters. The third kappa shape index (κ3) is 2.74. The predicted octanol–water partition coefficient (Wildman–Crippen LogP) is 4.97. The van der Waals surface area contributed by atoms with E-state index in [1.54, 1.807) is 11.3 Å². The lowest BCUT2D eigenvalue weighted by molar-refractivity contribution is 0.0580. The number of hydrogen-bond acceptors (Lipinski definition) is 2. The molecule has 2 aromatic carbocycles. The van der Waals surface area contributed by atoms with E-state index in [0.29, 0.717) is 6.42 Å². The summed E-state index contributed by atoms with van der Waals surface area (Å²) in [5.74, 6) is 0. The topological polar surface area (TPSA) is 20.2 Å². The molecule has 0 spiro atoms. The molecule has 0 bridgehead atoms. The van der Waals surface area contributed by atoms with Crippen LogP contribution in [0, 0.1) is 13.8 Å². The van der Waals surface area contributed by atoms with E-state index in [1.807, 2.05) is 13.0 Å². The molecule has 3 aromatic rings. The van der Waals surface area contributed by atoms with Crippen LogP contribution in [-0.4, -0.2) is 5.11 Å². The minimum atomic E-state index is -0.845. The van der Waals surface area contributed by atoms with E-state index in [-0.39, 0.29) is 0 Å². The maximum Gasteiger partial charge on any atom is 0.0909 e. The van der Waals surface area contributed by atoms with Crippen LogP contribution >= 0.6 is 11.3 Å². The monoisotopic (exact) mass is 296 g/mol. The van der Waals surface area contributed by atoms with Gasteiger partial charge in [0.1, 0.15) is 0 Å². The number of benzene rings is 2. The number of aryl methyl sites for hydroxylation is 2. The lowest BCUT2D eigenvalue weighted by Gasteiger charge is -2.24. The van der Waals surface area contributed by atoms with Crippen LogP contribution in [0.4, 0.5) is 0 Å². The molecular formula is C19H20OS. The standard InChI is InChI=1S/C19H20OS/c1-13-8-9-16(10-14(13)2)19(3,20)11-15-12-21-18-7-5-4-6-17(15)18/h4-10,12,20H,11H2,1-3H3. The first-order valence-electron chi connectivity index (χ1n) is 7.22. The first kappa shape index (κ1) is 14.3. The number of rotatable bonds is 3. The van der Waals surface area contributed by atoms with Gasteiger partial charge in [0, 0.05) is 11.1 Å². The van der Waals surface area contributed by atoms with Crippen LogP contribution in [0.15, 0.2) is 47.8 Å². The van der Waals surface area contributed by atoms with Crippen molar-refractivity contribution in [3.63, 3.8) is 0 Å². The molecule has 1 heterocycles. The van der Waals surface area contributed by atoms with Gasteiger partial charge < -0.3 is 5.11 Å². The fraction of sp³-hybridized carbons (Fsp3) is 0.263. The zero-order valence-corrected chi connectivity index (χ0v) is 13.5. The van der Waals surface area contributed by atoms with Gasteiger partial charge in [-0.1, -0.05) is 36.4 Å². The van der Waals surface area contributed by atoms with Crippen molar-refractivity contribution in [3.05, 3.63) is 70.1 Å². The Morgan fingerprint density at radius 1 is 1.05 bits per heavy atom. The Morgan fingerprint density at radius 3 is 2.57 bits per heavy atom. The minimum absolute atomic E-state index is 0.638. The van der Waals surface area contributed by atoms with Gasteiger partial charge in [0.2, 0.25) is 0 Å². The van der Waals surface area contributed by atoms with Gasteiger partial charge in [0.05, 0.1) is 5.60 Å². The Hall–Kier alpha value is -1.64. The molecule has 0 fully saturated rings. The first-order valence-corrected chi connectivity index (χ1v) is 8.10. The Bertz CT molecular complexity index is 783. The van der Waals surface area contributed by atoms with Gasteiger partial charge in [-0.25, -0.2) is 0 Å². The van der Waals surface area contributed by atoms with E-state index < -0.39 is 5.60 Å². The molecule has 108 valence electrons. The highest BCUT2D eigenvalue weighted by molar-refractivity contribution is 7.17. The Labute approximate surface area is 129 Å². The van der Waals surface area contributed by atoms with Crippen LogP contribution in [0.5, 0.6) is 0 Å². The maximum absolute atomic E-state index is 10.9. The highest BCUT2D eigenvalue weighted by atomic mass is 32.1. The summed E-state index contributed by atoms with van der Waals surface area (Å²) in [6.07, 6.45) is 0.638. The van der Waals surface area contributed by atoms with E-state index in [1.165, 1.54) is 26.8 Å². The molecule has 1 aromatic heterocycles. The van der Waals surface area contributed by atoms with Crippen LogP contribution < -0.4 is 0 Å². The van der Waals surface area contributed by atoms with Crippen LogP contribution in [-0.2, 0) is 12.0 Å². The van der Waals surface area contributed by atoms with Crippen molar-refractivity contribution in [2.75, 3.05) is 0 Å². The van der Waals surface area contributed by atoms with Crippen molar-refractivity contribution in [1.29, 1.82) is 0 Å². The third-order valence-corrected chi connectivity index (χ3v) is 5.24. The number of hydrogen-bond donors (Lipinski definition) is 1. The van der Waals surface area contributed by atoms with Crippen molar-refractivity contribution >= 4 is 21.4 Å². The molecular weight excluding hydrogens is 276 g/mol. The summed E-state index contributed by atoms with van der Waals surface area (Å²) in [5, 5.41) is 14.4. The van der Waals surface area contributed by atoms with Crippen molar-refractivity contribution in [2.24, 2.45) is 0 Å². The summed E-state index contributed by atoms with van der Waals surface area (Å²) < 4.78 is 1.28. The number of thiophene rings is 1. The first-order chi connectivity index (χ1) is 9.97. The molecule has 2 heteroatoms. The molecule has 1 atom stereocenters. The lowest BCUT2D eigenvalue weighted by Crippen LogP contribution is -2.24. The quantitative estimate of drug-likeness (QED) is 0.723. The third-order valence-electron chi connectivity index (χ3n) is 4.22. The van der Waals surface area contributed by atoms with E-state index >= 15 is 0 Å². The van der Waals surface area contributed by atoms with Crippen LogP contribution in [0.3, 0.4) is 0 Å². The van der Waals surface area contributed by atoms with Crippen LogP contribution in [0.25, 0.3) is 10.1 Å². The molecule has 1 N–H and O–H groups in total. The summed E-state index contributed by atoms with van der Waals surface area (Å²) in [4.78, 5) is 0. The average molecular weight is 296 g/mol. The van der Waals surface area contributed by atoms with Crippen molar-refractivity contribution in [1.82, 2.24) is 0 Å². The molecule has 3 rings (SSSR count). The number of aliphatic hydroxyl groups is 1. The van der Waals surface area contributed by atoms with Gasteiger partial charge >= 0.3 is 0 Å². The largest absolute Gasteiger partial charge is 0.385 e. The normalized spacial score (nSPS) is 14.3. The summed E-state index contributed by atoms with van der Waals surface area (Å²) in [6, 6.07) is 14.6. The average Bonchev–Trinajstić information content (AvgIpc) is 2.85. The molecule has 0 aliphatic carbocycles. The molecule has 0 saturated carbocycles. The van der Waals surface area contributed by atoms with E-state index in [0.717, 1.165) is 5.56 Å². The minimum Gasteiger partial charge on any atom is -0.385 e. The number of fused-ring (bicyclic) bond motifs is 1. The summed E-state index contributed by atoms with van der Waals surface area (Å²) in [7, 11) is 0. The zero-order valence-electron chi connectivity index (χ0n) is 12.7. The van der Waals surface area contributed by atoms with E-state index in [4.69, 9.17) is 0 Å². The van der Waals surface area contributed by atoms with Gasteiger partial charge in [-0.2, -0.15) is 0 Å². The smallest absolute Gasteiger partial charge is 0.0909 e. The molecule has 1 nitrogen and oxygen atoms in total. The summed E-state index contributed by atoms with van der Waals surface area (Å²) in [5.41, 5.74) is 3.85. The molecule has 0 amide bonds. The maximum atomic E-state index is 10.9. The lowest BCUT2D eigenvalue weighted by atomic mass is 9.87. The van der Waals surface area contributed by atoms with Crippen molar-refractivity contribution < 1.29 is 5.11 Å². The van der Waals surface area contributed by atoms with Crippen molar-refractivity contribution in [2.45, 2.75) is 32.8 Å². The molecule has 0 saturated heterocycles. The molecule has 0 aliphatic heterocycles.